The molecule has 0 radical (unpaired) electrons. The highest BCUT2D eigenvalue weighted by molar-refractivity contribution is 7.89. The van der Waals surface area contributed by atoms with Crippen LogP contribution in [-0.2, 0) is 19.6 Å². The Balaban J connectivity index is 3.00. The van der Waals surface area contributed by atoms with E-state index in [1.165, 1.54) is 31.4 Å². The molecule has 1 amide bonds. The zero-order chi connectivity index (χ0) is 16.0. The number of amides is 1. The molecule has 1 rings (SSSR count). The first-order valence-corrected chi connectivity index (χ1v) is 6.92. The Labute approximate surface area is 121 Å². The summed E-state index contributed by atoms with van der Waals surface area (Å²) < 4.78 is 28.9. The molecule has 21 heavy (non-hydrogen) atoms. The zero-order valence-corrected chi connectivity index (χ0v) is 12.3. The number of hydrazine groups is 1. The Kier molecular flexibility index (Phi) is 5.30. The van der Waals surface area contributed by atoms with E-state index < -0.39 is 16.1 Å². The van der Waals surface area contributed by atoms with E-state index in [4.69, 9.17) is 0 Å². The molecule has 0 bridgehead atoms. The number of rotatable bonds is 5. The van der Waals surface area contributed by atoms with E-state index in [0.717, 1.165) is 14.2 Å². The minimum Gasteiger partial charge on any atom is -0.568 e. The fraction of sp³-hybridized carbons (Fsp3) is 0.300. The molecule has 0 aromatic heterocycles. The summed E-state index contributed by atoms with van der Waals surface area (Å²) in [7, 11) is -0.753. The van der Waals surface area contributed by atoms with Crippen LogP contribution < -0.4 is 5.32 Å². The fourth-order valence-electron chi connectivity index (χ4n) is 1.24. The molecule has 0 aliphatic heterocycles. The van der Waals surface area contributed by atoms with E-state index in [9.17, 15) is 18.4 Å². The van der Waals surface area contributed by atoms with E-state index in [0.29, 0.717) is 10.1 Å². The summed E-state index contributed by atoms with van der Waals surface area (Å²) in [5, 5.41) is 16.6. The number of anilines is 1. The van der Waals surface area contributed by atoms with Gasteiger partial charge >= 0.3 is 16.1 Å². The quantitative estimate of drug-likeness (QED) is 0.489. The van der Waals surface area contributed by atoms with Crippen molar-refractivity contribution in [1.29, 1.82) is 0 Å². The van der Waals surface area contributed by atoms with E-state index >= 15 is 0 Å². The van der Waals surface area contributed by atoms with Crippen molar-refractivity contribution in [3.8, 4) is 0 Å². The van der Waals surface area contributed by atoms with Crippen LogP contribution >= 0.6 is 0 Å². The van der Waals surface area contributed by atoms with Crippen LogP contribution in [0.1, 0.15) is 0 Å². The summed E-state index contributed by atoms with van der Waals surface area (Å²) in [5.74, 6) is 0. The number of nitrogens with one attached hydrogen (secondary N) is 1. The highest BCUT2D eigenvalue weighted by Gasteiger charge is 2.27. The summed E-state index contributed by atoms with van der Waals surface area (Å²) in [4.78, 5) is 14.8. The van der Waals surface area contributed by atoms with Gasteiger partial charge in [0.1, 0.15) is 7.11 Å². The predicted molar refractivity (Wildman–Crippen MR) is 70.5 cm³/mol. The first-order valence-electron chi connectivity index (χ1n) is 5.48. The third-order valence-corrected chi connectivity index (χ3v) is 4.03. The van der Waals surface area contributed by atoms with Crippen LogP contribution in [0, 0.1) is 5.21 Å². The standard InChI is InChI=1S/C10H14N4O6S/c1-13(14(16)12-20-3)21(17,18)9-6-4-8(5-7-9)11-10(15)19-2/h4-7H,1-3H3,(H,11,15). The van der Waals surface area contributed by atoms with E-state index in [1.807, 2.05) is 0 Å². The number of nitrogens with zero attached hydrogens (tertiary/aromatic N) is 3. The topological polar surface area (TPSA) is 123 Å². The third-order valence-electron chi connectivity index (χ3n) is 2.32. The normalized spacial score (nSPS) is 11.7. The van der Waals surface area contributed by atoms with Crippen LogP contribution in [0.15, 0.2) is 34.4 Å². The lowest BCUT2D eigenvalue weighted by Gasteiger charge is -2.13. The monoisotopic (exact) mass is 318 g/mol. The number of benzene rings is 1. The third kappa shape index (κ3) is 3.95. The maximum Gasteiger partial charge on any atom is 0.411 e. The van der Waals surface area contributed by atoms with Gasteiger partial charge in [0.15, 0.2) is 0 Å². The second-order valence-electron chi connectivity index (χ2n) is 3.60. The number of hydrogen-bond donors (Lipinski definition) is 1. The average Bonchev–Trinajstić information content (AvgIpc) is 2.47. The lowest BCUT2D eigenvalue weighted by molar-refractivity contribution is -0.674. The Morgan fingerprint density at radius 3 is 2.38 bits per heavy atom. The largest absolute Gasteiger partial charge is 0.568 e. The molecule has 0 aliphatic carbocycles. The van der Waals surface area contributed by atoms with Gasteiger partial charge in [-0.05, 0) is 28.7 Å². The van der Waals surface area contributed by atoms with Gasteiger partial charge in [0, 0.05) is 5.69 Å². The lowest BCUT2D eigenvalue weighted by Crippen LogP contribution is -2.33. The molecule has 1 aromatic rings. The predicted octanol–water partition coefficient (Wildman–Crippen LogP) is 0.924. The first-order chi connectivity index (χ1) is 9.82. The molecular weight excluding hydrogens is 304 g/mol. The summed E-state index contributed by atoms with van der Waals surface area (Å²) >= 11 is 0. The Hall–Kier alpha value is -2.56. The van der Waals surface area contributed by atoms with Crippen molar-refractivity contribution in [2.24, 2.45) is 5.28 Å². The van der Waals surface area contributed by atoms with Gasteiger partial charge in [0.25, 0.3) is 0 Å². The second kappa shape index (κ2) is 6.74. The summed E-state index contributed by atoms with van der Waals surface area (Å²) in [5.41, 5.74) is 0.337. The minimum atomic E-state index is -4.08. The molecule has 0 spiro atoms. The summed E-state index contributed by atoms with van der Waals surface area (Å²) in [6.07, 6.45) is -0.688. The smallest absolute Gasteiger partial charge is 0.411 e. The van der Waals surface area contributed by atoms with E-state index in [-0.39, 0.29) is 9.87 Å². The highest BCUT2D eigenvalue weighted by atomic mass is 32.2. The van der Waals surface area contributed by atoms with Gasteiger partial charge in [-0.2, -0.15) is 8.42 Å². The van der Waals surface area contributed by atoms with Gasteiger partial charge in [0.05, 0.1) is 24.0 Å². The Bertz CT molecular complexity index is 627. The number of carbonyl (C=O) groups excluding carboxylic acids is 1. The molecule has 0 saturated carbocycles. The van der Waals surface area contributed by atoms with Gasteiger partial charge in [0.2, 0.25) is 5.28 Å². The molecule has 11 heteroatoms. The van der Waals surface area contributed by atoms with Crippen LogP contribution in [0.4, 0.5) is 10.5 Å². The van der Waals surface area contributed by atoms with Crippen molar-refractivity contribution in [2.45, 2.75) is 4.90 Å². The molecule has 0 saturated heterocycles. The van der Waals surface area contributed by atoms with Crippen molar-refractivity contribution in [2.75, 3.05) is 26.6 Å². The van der Waals surface area contributed by atoms with Crippen LogP contribution in [-0.4, -0.2) is 45.2 Å². The SMILES string of the molecule is CON=[N+]([O-])N(C)S(=O)(=O)c1ccc(NC(=O)OC)cc1. The van der Waals surface area contributed by atoms with E-state index in [2.05, 4.69) is 20.2 Å². The summed E-state index contributed by atoms with van der Waals surface area (Å²) in [6, 6.07) is 5.13. The van der Waals surface area contributed by atoms with Crippen molar-refractivity contribution < 1.29 is 27.8 Å². The summed E-state index contributed by atoms with van der Waals surface area (Å²) in [6.45, 7) is 0. The van der Waals surface area contributed by atoms with Crippen molar-refractivity contribution in [3.05, 3.63) is 29.5 Å². The van der Waals surface area contributed by atoms with Gasteiger partial charge in [-0.15, -0.1) is 0 Å². The Morgan fingerprint density at radius 2 is 1.90 bits per heavy atom. The maximum absolute atomic E-state index is 12.1. The Morgan fingerprint density at radius 1 is 1.33 bits per heavy atom. The van der Waals surface area contributed by atoms with Crippen LogP contribution in [0.2, 0.25) is 0 Å². The minimum absolute atomic E-state index is 0.160. The zero-order valence-electron chi connectivity index (χ0n) is 11.5. The van der Waals surface area contributed by atoms with Crippen LogP contribution in [0.3, 0.4) is 0 Å². The molecule has 1 N–H and O–H groups in total. The lowest BCUT2D eigenvalue weighted by atomic mass is 10.3. The van der Waals surface area contributed by atoms with Crippen molar-refractivity contribution >= 4 is 21.8 Å². The van der Waals surface area contributed by atoms with Crippen LogP contribution in [0.25, 0.3) is 0 Å². The highest BCUT2D eigenvalue weighted by Crippen LogP contribution is 2.17. The van der Waals surface area contributed by atoms with Crippen molar-refractivity contribution in [1.82, 2.24) is 4.41 Å². The molecule has 0 heterocycles. The molecule has 0 atom stereocenters. The number of sulfonamides is 1. The number of ether oxygens (including phenoxy) is 1. The first kappa shape index (κ1) is 16.5. The van der Waals surface area contributed by atoms with Crippen molar-refractivity contribution in [3.63, 3.8) is 0 Å². The average molecular weight is 318 g/mol. The van der Waals surface area contributed by atoms with Gasteiger partial charge < -0.3 is 14.8 Å². The number of hydrogen-bond acceptors (Lipinski definition) is 7. The second-order valence-corrected chi connectivity index (χ2v) is 5.55. The molecule has 0 aliphatic rings. The molecule has 10 nitrogen and oxygen atoms in total. The van der Waals surface area contributed by atoms with E-state index in [1.54, 1.807) is 0 Å². The van der Waals surface area contributed by atoms with Gasteiger partial charge in [-0.25, -0.2) is 4.79 Å². The molecular formula is C10H14N4O6S. The van der Waals surface area contributed by atoms with Gasteiger partial charge in [-0.3, -0.25) is 5.32 Å². The molecule has 116 valence electrons. The molecule has 1 aromatic carbocycles. The molecule has 0 fully saturated rings. The molecule has 0 unspecified atom stereocenters. The fourth-order valence-corrected chi connectivity index (χ4v) is 2.24. The number of methoxy groups -OCH3 is 1. The maximum atomic E-state index is 12.1. The number of carbonyl (C=O) groups is 1. The van der Waals surface area contributed by atoms with Crippen LogP contribution in [0.5, 0.6) is 0 Å². The van der Waals surface area contributed by atoms with Gasteiger partial charge in [-0.1, -0.05) is 0 Å².